The number of ether oxygens (including phenoxy) is 1. The molecule has 0 saturated heterocycles. The minimum Gasteiger partial charge on any atom is -0.497 e. The van der Waals surface area contributed by atoms with Gasteiger partial charge in [0.05, 0.1) is 13.2 Å². The van der Waals surface area contributed by atoms with Crippen molar-refractivity contribution in [3.63, 3.8) is 0 Å². The van der Waals surface area contributed by atoms with Gasteiger partial charge in [0.25, 0.3) is 0 Å². The topological polar surface area (TPSA) is 41.5 Å². The first-order valence-corrected chi connectivity index (χ1v) is 6.01. The van der Waals surface area contributed by atoms with Gasteiger partial charge in [-0.3, -0.25) is 0 Å². The molecule has 0 bridgehead atoms. The van der Waals surface area contributed by atoms with Crippen LogP contribution in [0.25, 0.3) is 0 Å². The zero-order valence-corrected chi connectivity index (χ0v) is 10.6. The van der Waals surface area contributed by atoms with E-state index in [1.54, 1.807) is 25.3 Å². The van der Waals surface area contributed by atoms with Crippen LogP contribution in [0.15, 0.2) is 48.5 Å². The van der Waals surface area contributed by atoms with Crippen molar-refractivity contribution in [1.82, 2.24) is 0 Å². The smallest absolute Gasteiger partial charge is 0.129 e. The third-order valence-electron chi connectivity index (χ3n) is 2.85. The predicted octanol–water partition coefficient (Wildman–Crippen LogP) is 2.98. The molecule has 0 aliphatic carbocycles. The molecule has 0 spiro atoms. The third kappa shape index (κ3) is 3.45. The molecule has 1 atom stereocenters. The van der Waals surface area contributed by atoms with Crippen molar-refractivity contribution in [2.75, 3.05) is 19.0 Å². The van der Waals surface area contributed by atoms with Gasteiger partial charge in [0.2, 0.25) is 0 Å². The maximum atomic E-state index is 13.5. The number of halogens is 1. The lowest BCUT2D eigenvalue weighted by atomic mass is 10.1. The van der Waals surface area contributed by atoms with Crippen LogP contribution in [0.1, 0.15) is 11.7 Å². The Balaban J connectivity index is 1.96. The van der Waals surface area contributed by atoms with E-state index in [4.69, 9.17) is 4.74 Å². The Bertz CT molecular complexity index is 528. The lowest BCUT2D eigenvalue weighted by molar-refractivity contribution is 0.186. The minimum atomic E-state index is -0.886. The van der Waals surface area contributed by atoms with Crippen LogP contribution in [-0.2, 0) is 0 Å². The molecule has 4 heteroatoms. The average molecular weight is 261 g/mol. The van der Waals surface area contributed by atoms with Crippen LogP contribution < -0.4 is 10.1 Å². The molecule has 0 aliphatic heterocycles. The van der Waals surface area contributed by atoms with E-state index in [9.17, 15) is 9.50 Å². The average Bonchev–Trinajstić information content (AvgIpc) is 2.46. The highest BCUT2D eigenvalue weighted by Gasteiger charge is 2.11. The molecule has 3 nitrogen and oxygen atoms in total. The molecule has 0 saturated carbocycles. The van der Waals surface area contributed by atoms with Gasteiger partial charge in [0.15, 0.2) is 0 Å². The monoisotopic (exact) mass is 261 g/mol. The Morgan fingerprint density at radius 1 is 1.16 bits per heavy atom. The van der Waals surface area contributed by atoms with Gasteiger partial charge in [0.1, 0.15) is 11.6 Å². The summed E-state index contributed by atoms with van der Waals surface area (Å²) in [5, 5.41) is 13.0. The van der Waals surface area contributed by atoms with Crippen LogP contribution in [0.2, 0.25) is 0 Å². The van der Waals surface area contributed by atoms with Crippen LogP contribution >= 0.6 is 0 Å². The number of methoxy groups -OCH3 is 1. The molecule has 19 heavy (non-hydrogen) atoms. The van der Waals surface area contributed by atoms with Gasteiger partial charge in [-0.2, -0.15) is 0 Å². The Kier molecular flexibility index (Phi) is 4.36. The minimum absolute atomic E-state index is 0.243. The lowest BCUT2D eigenvalue weighted by Gasteiger charge is -2.14. The van der Waals surface area contributed by atoms with Gasteiger partial charge in [-0.15, -0.1) is 0 Å². The van der Waals surface area contributed by atoms with E-state index in [1.807, 2.05) is 24.3 Å². The van der Waals surface area contributed by atoms with E-state index in [-0.39, 0.29) is 6.54 Å². The van der Waals surface area contributed by atoms with Crippen molar-refractivity contribution in [3.8, 4) is 5.75 Å². The second-order valence-corrected chi connectivity index (χ2v) is 4.15. The second kappa shape index (κ2) is 6.20. The summed E-state index contributed by atoms with van der Waals surface area (Å²) in [7, 11) is 1.60. The first-order valence-electron chi connectivity index (χ1n) is 6.01. The van der Waals surface area contributed by atoms with Crippen molar-refractivity contribution in [2.24, 2.45) is 0 Å². The largest absolute Gasteiger partial charge is 0.497 e. The molecule has 2 aromatic carbocycles. The van der Waals surface area contributed by atoms with E-state index in [2.05, 4.69) is 5.32 Å². The van der Waals surface area contributed by atoms with Gasteiger partial charge < -0.3 is 15.2 Å². The highest BCUT2D eigenvalue weighted by atomic mass is 19.1. The summed E-state index contributed by atoms with van der Waals surface area (Å²) >= 11 is 0. The number of aliphatic hydroxyl groups excluding tert-OH is 1. The molecule has 0 aromatic heterocycles. The number of aliphatic hydroxyl groups is 1. The number of hydrogen-bond acceptors (Lipinski definition) is 3. The summed E-state index contributed by atoms with van der Waals surface area (Å²) in [6, 6.07) is 13.5. The normalized spacial score (nSPS) is 11.9. The summed E-state index contributed by atoms with van der Waals surface area (Å²) < 4.78 is 18.5. The molecule has 2 aromatic rings. The van der Waals surface area contributed by atoms with E-state index >= 15 is 0 Å². The Morgan fingerprint density at radius 3 is 2.47 bits per heavy atom. The van der Waals surface area contributed by atoms with Crippen molar-refractivity contribution < 1.29 is 14.2 Å². The third-order valence-corrected chi connectivity index (χ3v) is 2.85. The maximum Gasteiger partial charge on any atom is 0.129 e. The maximum absolute atomic E-state index is 13.5. The fraction of sp³-hybridized carbons (Fsp3) is 0.200. The highest BCUT2D eigenvalue weighted by Crippen LogP contribution is 2.19. The number of benzene rings is 2. The first kappa shape index (κ1) is 13.4. The zero-order valence-electron chi connectivity index (χ0n) is 10.6. The Hall–Kier alpha value is -2.07. The first-order chi connectivity index (χ1) is 9.20. The molecule has 0 heterocycles. The summed E-state index contributed by atoms with van der Waals surface area (Å²) in [5.74, 6) is 0.367. The van der Waals surface area contributed by atoms with E-state index < -0.39 is 11.9 Å². The van der Waals surface area contributed by atoms with Gasteiger partial charge in [-0.1, -0.05) is 18.2 Å². The number of nitrogens with one attached hydrogen (secondary N) is 1. The van der Waals surface area contributed by atoms with Crippen molar-refractivity contribution >= 4 is 5.69 Å². The standard InChI is InChI=1S/C15H16FNO2/c1-19-12-8-6-11(7-9-12)17-10-15(18)13-4-2-3-5-14(13)16/h2-9,15,17-18H,10H2,1H3. The number of anilines is 1. The van der Waals surface area contributed by atoms with E-state index in [0.717, 1.165) is 11.4 Å². The predicted molar refractivity (Wildman–Crippen MR) is 72.8 cm³/mol. The molecule has 0 amide bonds. The van der Waals surface area contributed by atoms with Gasteiger partial charge in [0, 0.05) is 17.8 Å². The van der Waals surface area contributed by atoms with Crippen molar-refractivity contribution in [2.45, 2.75) is 6.10 Å². The van der Waals surface area contributed by atoms with Gasteiger partial charge >= 0.3 is 0 Å². The highest BCUT2D eigenvalue weighted by molar-refractivity contribution is 5.46. The van der Waals surface area contributed by atoms with Gasteiger partial charge in [-0.05, 0) is 30.3 Å². The molecule has 1 unspecified atom stereocenters. The fourth-order valence-corrected chi connectivity index (χ4v) is 1.78. The van der Waals surface area contributed by atoms with Crippen LogP contribution in [0.4, 0.5) is 10.1 Å². The fourth-order valence-electron chi connectivity index (χ4n) is 1.78. The molecule has 100 valence electrons. The molecular formula is C15H16FNO2. The van der Waals surface area contributed by atoms with E-state index in [1.165, 1.54) is 6.07 Å². The van der Waals surface area contributed by atoms with E-state index in [0.29, 0.717) is 5.56 Å². The SMILES string of the molecule is COc1ccc(NCC(O)c2ccccc2F)cc1. The van der Waals surface area contributed by atoms with Crippen LogP contribution in [0, 0.1) is 5.82 Å². The summed E-state index contributed by atoms with van der Waals surface area (Å²) in [6.45, 7) is 0.243. The van der Waals surface area contributed by atoms with Crippen molar-refractivity contribution in [1.29, 1.82) is 0 Å². The van der Waals surface area contributed by atoms with Crippen molar-refractivity contribution in [3.05, 3.63) is 59.9 Å². The van der Waals surface area contributed by atoms with Crippen LogP contribution in [-0.4, -0.2) is 18.8 Å². The van der Waals surface area contributed by atoms with Crippen LogP contribution in [0.3, 0.4) is 0 Å². The Morgan fingerprint density at radius 2 is 1.84 bits per heavy atom. The number of rotatable bonds is 5. The summed E-state index contributed by atoms with van der Waals surface area (Å²) in [6.07, 6.45) is -0.886. The quantitative estimate of drug-likeness (QED) is 0.869. The molecule has 0 fully saturated rings. The Labute approximate surface area is 111 Å². The summed E-state index contributed by atoms with van der Waals surface area (Å²) in [4.78, 5) is 0. The van der Waals surface area contributed by atoms with Crippen LogP contribution in [0.5, 0.6) is 5.75 Å². The summed E-state index contributed by atoms with van der Waals surface area (Å²) in [5.41, 5.74) is 1.14. The zero-order chi connectivity index (χ0) is 13.7. The van der Waals surface area contributed by atoms with Gasteiger partial charge in [-0.25, -0.2) is 4.39 Å². The number of hydrogen-bond donors (Lipinski definition) is 2. The lowest BCUT2D eigenvalue weighted by Crippen LogP contribution is -2.13. The second-order valence-electron chi connectivity index (χ2n) is 4.15. The molecular weight excluding hydrogens is 245 g/mol. The molecule has 0 aliphatic rings. The molecule has 2 N–H and O–H groups in total. The molecule has 0 radical (unpaired) electrons. The molecule has 2 rings (SSSR count).